The second-order valence-corrected chi connectivity index (χ2v) is 4.32. The second kappa shape index (κ2) is 6.52. The fourth-order valence-electron chi connectivity index (χ4n) is 1.90. The Bertz CT molecular complexity index is 608. The second-order valence-electron chi connectivity index (χ2n) is 4.32. The highest BCUT2D eigenvalue weighted by Gasteiger charge is 2.09. The van der Waals surface area contributed by atoms with Crippen LogP contribution in [0.4, 0.5) is 5.69 Å². The molecule has 0 spiro atoms. The lowest BCUT2D eigenvalue weighted by Gasteiger charge is -2.08. The number of hydrogen-bond donors (Lipinski definition) is 2. The minimum absolute atomic E-state index is 0.0332. The van der Waals surface area contributed by atoms with Crippen LogP contribution in [-0.2, 0) is 0 Å². The van der Waals surface area contributed by atoms with Crippen LogP contribution in [0.1, 0.15) is 27.1 Å². The van der Waals surface area contributed by atoms with Crippen molar-refractivity contribution in [2.75, 3.05) is 11.9 Å². The van der Waals surface area contributed by atoms with Crippen molar-refractivity contribution in [1.82, 2.24) is 0 Å². The average Bonchev–Trinajstić information content (AvgIpc) is 2.48. The smallest absolute Gasteiger partial charge is 0.337 e. The number of carboxylic acids is 1. The molecular formula is C16H15NO3. The quantitative estimate of drug-likeness (QED) is 0.791. The Hall–Kier alpha value is -2.62. The summed E-state index contributed by atoms with van der Waals surface area (Å²) in [6.07, 6.45) is 0.317. The van der Waals surface area contributed by atoms with Gasteiger partial charge in [-0.25, -0.2) is 4.79 Å². The van der Waals surface area contributed by atoms with Gasteiger partial charge in [-0.3, -0.25) is 4.79 Å². The standard InChI is InChI=1S/C16H15NO3/c18-15(12-6-2-1-3-7-12)10-11-17-14-9-5-4-8-13(14)16(19)20/h1-9,17H,10-11H2,(H,19,20). The number of hydrogen-bond acceptors (Lipinski definition) is 3. The van der Waals surface area contributed by atoms with Crippen LogP contribution in [0.3, 0.4) is 0 Å². The normalized spacial score (nSPS) is 10.0. The number of carboxylic acid groups (broad SMARTS) is 1. The third-order valence-electron chi connectivity index (χ3n) is 2.92. The Kier molecular flexibility index (Phi) is 4.50. The molecule has 2 N–H and O–H groups in total. The maximum Gasteiger partial charge on any atom is 0.337 e. The summed E-state index contributed by atoms with van der Waals surface area (Å²) in [5, 5.41) is 12.0. The third kappa shape index (κ3) is 3.45. The summed E-state index contributed by atoms with van der Waals surface area (Å²) in [6, 6.07) is 15.7. The largest absolute Gasteiger partial charge is 0.478 e. The molecule has 0 heterocycles. The van der Waals surface area contributed by atoms with Gasteiger partial charge in [0.2, 0.25) is 0 Å². The van der Waals surface area contributed by atoms with Crippen molar-refractivity contribution in [2.24, 2.45) is 0 Å². The maximum absolute atomic E-state index is 11.9. The van der Waals surface area contributed by atoms with E-state index in [9.17, 15) is 9.59 Å². The molecule has 0 atom stereocenters. The van der Waals surface area contributed by atoms with E-state index in [4.69, 9.17) is 5.11 Å². The van der Waals surface area contributed by atoms with E-state index >= 15 is 0 Å². The molecule has 20 heavy (non-hydrogen) atoms. The van der Waals surface area contributed by atoms with E-state index < -0.39 is 5.97 Å². The molecule has 0 aromatic heterocycles. The molecule has 0 fully saturated rings. The van der Waals surface area contributed by atoms with Crippen molar-refractivity contribution >= 4 is 17.4 Å². The van der Waals surface area contributed by atoms with E-state index in [0.29, 0.717) is 24.2 Å². The van der Waals surface area contributed by atoms with Gasteiger partial charge >= 0.3 is 5.97 Å². The zero-order valence-corrected chi connectivity index (χ0v) is 10.9. The van der Waals surface area contributed by atoms with Crippen molar-refractivity contribution in [2.45, 2.75) is 6.42 Å². The molecule has 102 valence electrons. The topological polar surface area (TPSA) is 66.4 Å². The van der Waals surface area contributed by atoms with E-state index in [0.717, 1.165) is 0 Å². The molecule has 0 radical (unpaired) electrons. The first kappa shape index (κ1) is 13.8. The zero-order valence-electron chi connectivity index (χ0n) is 10.9. The van der Waals surface area contributed by atoms with E-state index in [1.807, 2.05) is 18.2 Å². The SMILES string of the molecule is O=C(CCNc1ccccc1C(=O)O)c1ccccc1. The average molecular weight is 269 g/mol. The number of Topliss-reactive ketones (excluding diaryl/α,β-unsaturated/α-hetero) is 1. The van der Waals surface area contributed by atoms with Gasteiger partial charge < -0.3 is 10.4 Å². The van der Waals surface area contributed by atoms with E-state index in [1.54, 1.807) is 30.3 Å². The van der Waals surface area contributed by atoms with Gasteiger partial charge in [-0.2, -0.15) is 0 Å². The molecule has 0 saturated carbocycles. The lowest BCUT2D eigenvalue weighted by Crippen LogP contribution is -2.11. The number of aromatic carboxylic acids is 1. The number of ketones is 1. The first-order valence-corrected chi connectivity index (χ1v) is 6.33. The van der Waals surface area contributed by atoms with Crippen LogP contribution in [0.25, 0.3) is 0 Å². The van der Waals surface area contributed by atoms with Crippen LogP contribution in [0.5, 0.6) is 0 Å². The van der Waals surface area contributed by atoms with Gasteiger partial charge in [-0.1, -0.05) is 42.5 Å². The summed E-state index contributed by atoms with van der Waals surface area (Å²) < 4.78 is 0. The van der Waals surface area contributed by atoms with Crippen molar-refractivity contribution in [1.29, 1.82) is 0 Å². The molecule has 4 nitrogen and oxygen atoms in total. The molecule has 4 heteroatoms. The monoisotopic (exact) mass is 269 g/mol. The van der Waals surface area contributed by atoms with Gasteiger partial charge in [0.25, 0.3) is 0 Å². The number of benzene rings is 2. The van der Waals surface area contributed by atoms with Crippen molar-refractivity contribution in [3.05, 3.63) is 65.7 Å². The Morgan fingerprint density at radius 1 is 0.950 bits per heavy atom. The van der Waals surface area contributed by atoms with Crippen molar-refractivity contribution < 1.29 is 14.7 Å². The van der Waals surface area contributed by atoms with Crippen molar-refractivity contribution in [3.8, 4) is 0 Å². The van der Waals surface area contributed by atoms with Crippen LogP contribution in [0.2, 0.25) is 0 Å². The Morgan fingerprint density at radius 2 is 1.60 bits per heavy atom. The molecule has 0 aliphatic rings. The lowest BCUT2D eigenvalue weighted by atomic mass is 10.1. The minimum Gasteiger partial charge on any atom is -0.478 e. The highest BCUT2D eigenvalue weighted by molar-refractivity contribution is 5.97. The molecule has 0 amide bonds. The number of carbonyl (C=O) groups is 2. The van der Waals surface area contributed by atoms with Gasteiger partial charge in [0.05, 0.1) is 5.56 Å². The predicted molar refractivity (Wildman–Crippen MR) is 77.3 cm³/mol. The summed E-state index contributed by atoms with van der Waals surface area (Å²) in [7, 11) is 0. The highest BCUT2D eigenvalue weighted by atomic mass is 16.4. The molecule has 0 aliphatic carbocycles. The first-order valence-electron chi connectivity index (χ1n) is 6.33. The van der Waals surface area contributed by atoms with Crippen LogP contribution in [-0.4, -0.2) is 23.4 Å². The fourth-order valence-corrected chi connectivity index (χ4v) is 1.90. The highest BCUT2D eigenvalue weighted by Crippen LogP contribution is 2.15. The first-order chi connectivity index (χ1) is 9.68. The lowest BCUT2D eigenvalue weighted by molar-refractivity contribution is 0.0697. The number of para-hydroxylation sites is 1. The third-order valence-corrected chi connectivity index (χ3v) is 2.92. The molecule has 0 aliphatic heterocycles. The van der Waals surface area contributed by atoms with E-state index in [2.05, 4.69) is 5.32 Å². The van der Waals surface area contributed by atoms with Crippen LogP contribution in [0, 0.1) is 0 Å². The molecule has 0 unspecified atom stereocenters. The van der Waals surface area contributed by atoms with Gasteiger partial charge in [0.1, 0.15) is 0 Å². The molecule has 2 rings (SSSR count). The fraction of sp³-hybridized carbons (Fsp3) is 0.125. The summed E-state index contributed by atoms with van der Waals surface area (Å²) in [5.74, 6) is -0.951. The van der Waals surface area contributed by atoms with Gasteiger partial charge in [-0.05, 0) is 12.1 Å². The summed E-state index contributed by atoms with van der Waals surface area (Å²) in [6.45, 7) is 0.401. The van der Waals surface area contributed by atoms with Crippen LogP contribution < -0.4 is 5.32 Å². The summed E-state index contributed by atoms with van der Waals surface area (Å²) >= 11 is 0. The van der Waals surface area contributed by atoms with E-state index in [1.165, 1.54) is 6.07 Å². The zero-order chi connectivity index (χ0) is 14.4. The summed E-state index contributed by atoms with van der Waals surface area (Å²) in [4.78, 5) is 22.9. The molecule has 2 aromatic rings. The Labute approximate surface area is 117 Å². The predicted octanol–water partition coefficient (Wildman–Crippen LogP) is 3.07. The Balaban J connectivity index is 1.94. The number of carbonyl (C=O) groups excluding carboxylic acids is 1. The van der Waals surface area contributed by atoms with Crippen molar-refractivity contribution in [3.63, 3.8) is 0 Å². The van der Waals surface area contributed by atoms with Crippen LogP contribution in [0.15, 0.2) is 54.6 Å². The molecule has 0 bridgehead atoms. The van der Waals surface area contributed by atoms with Crippen LogP contribution >= 0.6 is 0 Å². The van der Waals surface area contributed by atoms with Gasteiger partial charge in [-0.15, -0.1) is 0 Å². The van der Waals surface area contributed by atoms with E-state index in [-0.39, 0.29) is 11.3 Å². The number of rotatable bonds is 6. The minimum atomic E-state index is -0.984. The molecular weight excluding hydrogens is 254 g/mol. The molecule has 0 saturated heterocycles. The molecule has 2 aromatic carbocycles. The summed E-state index contributed by atoms with van der Waals surface area (Å²) in [5.41, 5.74) is 1.40. The Morgan fingerprint density at radius 3 is 2.30 bits per heavy atom. The van der Waals surface area contributed by atoms with Gasteiger partial charge in [0.15, 0.2) is 5.78 Å². The number of nitrogens with one attached hydrogen (secondary N) is 1. The maximum atomic E-state index is 11.9. The van der Waals surface area contributed by atoms with Gasteiger partial charge in [0, 0.05) is 24.2 Å². The number of anilines is 1.